The maximum atomic E-state index is 12.5. The van der Waals surface area contributed by atoms with Gasteiger partial charge in [-0.15, -0.1) is 4.39 Å². The maximum absolute atomic E-state index is 12.5. The minimum Gasteiger partial charge on any atom is -0.508 e. The van der Waals surface area contributed by atoms with Crippen LogP contribution in [0.15, 0.2) is 36.4 Å². The van der Waals surface area contributed by atoms with Gasteiger partial charge in [0.15, 0.2) is 0 Å². The molecule has 0 aliphatic heterocycles. The molecule has 0 saturated carbocycles. The summed E-state index contributed by atoms with van der Waals surface area (Å²) in [4.78, 5) is 29.3. The van der Waals surface area contributed by atoms with Crippen molar-refractivity contribution < 1.29 is 51.6 Å². The van der Waals surface area contributed by atoms with Crippen LogP contribution in [0.2, 0.25) is 0 Å². The summed E-state index contributed by atoms with van der Waals surface area (Å²) in [5, 5.41) is 9.34. The summed E-state index contributed by atoms with van der Waals surface area (Å²) in [5.41, 5.74) is 2.40. The first-order valence-electron chi connectivity index (χ1n) is 8.78. The van der Waals surface area contributed by atoms with E-state index in [1.807, 2.05) is 0 Å². The van der Waals surface area contributed by atoms with Gasteiger partial charge in [-0.2, -0.15) is 4.39 Å². The van der Waals surface area contributed by atoms with Crippen molar-refractivity contribution in [3.05, 3.63) is 58.7 Å². The Morgan fingerprint density at radius 2 is 1.53 bits per heavy atom. The first kappa shape index (κ1) is 28.4. The molecule has 0 atom stereocenters. The Morgan fingerprint density at radius 1 is 0.969 bits per heavy atom. The average Bonchev–Trinajstić information content (AvgIpc) is 2.78. The van der Waals surface area contributed by atoms with Crippen LogP contribution in [0.4, 0.5) is 18.0 Å². The lowest BCUT2D eigenvalue weighted by Gasteiger charge is -2.17. The van der Waals surface area contributed by atoms with Crippen molar-refractivity contribution in [3.8, 4) is 11.5 Å². The summed E-state index contributed by atoms with van der Waals surface area (Å²) < 4.78 is 51.8. The zero-order valence-electron chi connectivity index (χ0n) is 17.4. The van der Waals surface area contributed by atoms with Gasteiger partial charge in [-0.05, 0) is 35.4 Å². The molecule has 2 aromatic carbocycles. The Labute approximate surface area is 182 Å². The number of aromatic hydroxyl groups is 1. The Bertz CT molecular complexity index is 829. The van der Waals surface area contributed by atoms with E-state index < -0.39 is 12.8 Å². The number of alkyl halides is 1. The maximum Gasteiger partial charge on any atom is 0.495 e. The fourth-order valence-electron chi connectivity index (χ4n) is 2.48. The molecule has 0 unspecified atom stereocenters. The fraction of sp³-hybridized carbons (Fsp3) is 0.286. The normalized spacial score (nSPS) is 9.28. The molecule has 176 valence electrons. The third kappa shape index (κ3) is 11.0. The molecule has 0 aliphatic rings. The first-order chi connectivity index (χ1) is 15.4. The van der Waals surface area contributed by atoms with Crippen LogP contribution < -0.4 is 4.74 Å². The van der Waals surface area contributed by atoms with Gasteiger partial charge < -0.3 is 24.1 Å². The van der Waals surface area contributed by atoms with Crippen LogP contribution in [0.5, 0.6) is 11.5 Å². The summed E-state index contributed by atoms with van der Waals surface area (Å²) in [6.45, 7) is -0.500. The van der Waals surface area contributed by atoms with Crippen molar-refractivity contribution in [1.82, 2.24) is 0 Å². The van der Waals surface area contributed by atoms with Crippen LogP contribution in [-0.4, -0.2) is 38.6 Å². The van der Waals surface area contributed by atoms with E-state index in [1.54, 1.807) is 24.3 Å². The molecule has 0 heterocycles. The molecule has 0 saturated heterocycles. The van der Waals surface area contributed by atoms with Gasteiger partial charge in [0, 0.05) is 18.2 Å². The first-order valence-corrected chi connectivity index (χ1v) is 8.78. The number of benzene rings is 2. The number of hydrogen-bond acceptors (Lipinski definition) is 8. The molecule has 11 heteroatoms. The number of phenols is 1. The minimum atomic E-state index is -1.91. The van der Waals surface area contributed by atoms with Crippen LogP contribution in [0.25, 0.3) is 0 Å². The van der Waals surface area contributed by atoms with Gasteiger partial charge in [0.1, 0.15) is 31.3 Å². The lowest BCUT2D eigenvalue weighted by atomic mass is 10.0. The van der Waals surface area contributed by atoms with Crippen LogP contribution in [0, 0.1) is 0 Å². The number of rotatable bonds is 10. The summed E-state index contributed by atoms with van der Waals surface area (Å²) in [7, 11) is 2.01. The molecular formula is C21H23F3O8. The third-order valence-corrected chi connectivity index (χ3v) is 3.58. The molecule has 0 radical (unpaired) electrons. The van der Waals surface area contributed by atoms with Crippen molar-refractivity contribution in [2.75, 3.05) is 14.3 Å². The van der Waals surface area contributed by atoms with Crippen molar-refractivity contribution in [2.45, 2.75) is 26.4 Å². The van der Waals surface area contributed by atoms with E-state index in [9.17, 15) is 27.9 Å². The highest BCUT2D eigenvalue weighted by Crippen LogP contribution is 2.29. The van der Waals surface area contributed by atoms with Crippen LogP contribution in [0.1, 0.15) is 22.3 Å². The van der Waals surface area contributed by atoms with E-state index in [0.29, 0.717) is 36.1 Å². The van der Waals surface area contributed by atoms with E-state index in [1.165, 1.54) is 19.2 Å². The summed E-state index contributed by atoms with van der Waals surface area (Å²) in [6.07, 6.45) is -1.91. The van der Waals surface area contributed by atoms with E-state index in [2.05, 4.69) is 4.74 Å². The number of methoxy groups -OCH3 is 1. The molecule has 0 fully saturated rings. The Morgan fingerprint density at radius 3 is 2.03 bits per heavy atom. The largest absolute Gasteiger partial charge is 0.508 e. The van der Waals surface area contributed by atoms with Crippen molar-refractivity contribution in [3.63, 3.8) is 0 Å². The molecule has 0 aromatic heterocycles. The van der Waals surface area contributed by atoms with Gasteiger partial charge in [0.25, 0.3) is 13.0 Å². The second kappa shape index (κ2) is 17.1. The molecule has 32 heavy (non-hydrogen) atoms. The van der Waals surface area contributed by atoms with Gasteiger partial charge in [0.05, 0.1) is 13.8 Å². The van der Waals surface area contributed by atoms with E-state index in [0.717, 1.165) is 5.56 Å². The van der Waals surface area contributed by atoms with Crippen LogP contribution >= 0.6 is 0 Å². The van der Waals surface area contributed by atoms with Gasteiger partial charge in [0.2, 0.25) is 0 Å². The average molecular weight is 460 g/mol. The number of carbonyl (C=O) groups excluding carboxylic acids is 3. The standard InChI is InChI=1S/C19H19FO7.CHFO.CH3F/c1-24-8-14-6-15(10-25-12-21)18(16(7-14)11-27-19(20)23)26-9-13-2-4-17(22)5-3-13;2-1-3;1-2/h2-7,12,22H,8-11H2,1H3;1H;1H3. The number of phenolic OH excluding ortho intramolecular Hbond substituents is 1. The SMILES string of the molecule is CF.COCc1cc(COC=O)c(OCc2ccc(O)cc2)c(COC(=O)F)c1.O=CF. The molecule has 2 rings (SSSR count). The molecule has 0 spiro atoms. The monoisotopic (exact) mass is 460 g/mol. The number of halogens is 3. The summed E-state index contributed by atoms with van der Waals surface area (Å²) in [6, 6.07) is 9.77. The predicted octanol–water partition coefficient (Wildman–Crippen LogP) is 4.13. The summed E-state index contributed by atoms with van der Waals surface area (Å²) in [5.74, 6) is 0.435. The zero-order chi connectivity index (χ0) is 24.4. The Hall–Kier alpha value is -3.60. The van der Waals surface area contributed by atoms with E-state index in [4.69, 9.17) is 19.0 Å². The quantitative estimate of drug-likeness (QED) is 0.417. The molecule has 0 amide bonds. The predicted molar refractivity (Wildman–Crippen MR) is 107 cm³/mol. The second-order valence-corrected chi connectivity index (χ2v) is 5.65. The highest BCUT2D eigenvalue weighted by molar-refractivity contribution is 5.58. The Balaban J connectivity index is 0.00000177. The van der Waals surface area contributed by atoms with Crippen molar-refractivity contribution in [2.24, 2.45) is 0 Å². The molecule has 2 aromatic rings. The van der Waals surface area contributed by atoms with Crippen molar-refractivity contribution >= 4 is 19.2 Å². The number of ether oxygens (including phenoxy) is 4. The second-order valence-electron chi connectivity index (χ2n) is 5.65. The lowest BCUT2D eigenvalue weighted by Crippen LogP contribution is -2.07. The third-order valence-electron chi connectivity index (χ3n) is 3.58. The molecule has 0 aliphatic carbocycles. The highest BCUT2D eigenvalue weighted by atomic mass is 19.1. The minimum absolute atomic E-state index is 0.0808. The zero-order valence-corrected chi connectivity index (χ0v) is 17.4. The van der Waals surface area contributed by atoms with Gasteiger partial charge in [-0.1, -0.05) is 12.1 Å². The molecular weight excluding hydrogens is 437 g/mol. The fourth-order valence-corrected chi connectivity index (χ4v) is 2.48. The van der Waals surface area contributed by atoms with Gasteiger partial charge >= 0.3 is 6.22 Å². The highest BCUT2D eigenvalue weighted by Gasteiger charge is 2.15. The number of carbonyl (C=O) groups is 3. The van der Waals surface area contributed by atoms with Crippen LogP contribution in [0.3, 0.4) is 0 Å². The molecule has 0 bridgehead atoms. The Kier molecular flexibility index (Phi) is 15.2. The lowest BCUT2D eigenvalue weighted by molar-refractivity contribution is -0.129. The van der Waals surface area contributed by atoms with E-state index in [-0.39, 0.29) is 32.2 Å². The smallest absolute Gasteiger partial charge is 0.495 e. The van der Waals surface area contributed by atoms with Gasteiger partial charge in [-0.25, -0.2) is 4.79 Å². The van der Waals surface area contributed by atoms with Gasteiger partial charge in [-0.3, -0.25) is 14.0 Å². The van der Waals surface area contributed by atoms with Crippen molar-refractivity contribution in [1.29, 1.82) is 0 Å². The molecule has 8 nitrogen and oxygen atoms in total. The van der Waals surface area contributed by atoms with E-state index >= 15 is 0 Å². The topological polar surface area (TPSA) is 108 Å². The number of hydrogen-bond donors (Lipinski definition) is 1. The molecule has 1 N–H and O–H groups in total. The summed E-state index contributed by atoms with van der Waals surface area (Å²) >= 11 is 0. The van der Waals surface area contributed by atoms with Crippen LogP contribution in [-0.2, 0) is 50.2 Å².